The first kappa shape index (κ1) is 38.1. The van der Waals surface area contributed by atoms with Gasteiger partial charge < -0.3 is 19.8 Å². The van der Waals surface area contributed by atoms with Crippen molar-refractivity contribution < 1.29 is 55.7 Å². The van der Waals surface area contributed by atoms with Crippen LogP contribution in [-0.2, 0) is 16.1 Å². The van der Waals surface area contributed by atoms with Crippen LogP contribution >= 0.6 is 0 Å². The number of nitrogens with zero attached hydrogens (tertiary/aromatic N) is 3. The van der Waals surface area contributed by atoms with E-state index in [4.69, 9.17) is 24.5 Å². The highest BCUT2D eigenvalue weighted by Gasteiger charge is 2.42. The summed E-state index contributed by atoms with van der Waals surface area (Å²) in [6, 6.07) is 20.3. The molecule has 2 aromatic carbocycles. The molecule has 0 unspecified atom stereocenters. The molecule has 2 saturated heterocycles. The molecule has 2 fully saturated rings. The summed E-state index contributed by atoms with van der Waals surface area (Å²) in [4.78, 5) is 40.1. The van der Waals surface area contributed by atoms with Crippen LogP contribution in [0.1, 0.15) is 49.2 Å². The number of fused-ring (bicyclic) bond motifs is 1. The number of rotatable bonds is 6. The predicted molar refractivity (Wildman–Crippen MR) is 163 cm³/mol. The van der Waals surface area contributed by atoms with Gasteiger partial charge in [0.2, 0.25) is 0 Å². The maximum Gasteiger partial charge on any atom is 0.490 e. The summed E-state index contributed by atoms with van der Waals surface area (Å²) >= 11 is 0. The van der Waals surface area contributed by atoms with E-state index in [-0.39, 0.29) is 5.91 Å². The molecule has 2 aliphatic heterocycles. The number of halogens is 6. The summed E-state index contributed by atoms with van der Waals surface area (Å²) in [5, 5.41) is 15.3. The molecule has 3 heterocycles. The van der Waals surface area contributed by atoms with Gasteiger partial charge in [0, 0.05) is 37.1 Å². The number of para-hydroxylation sites is 2. The summed E-state index contributed by atoms with van der Waals surface area (Å²) in [6.07, 6.45) is -6.83. The number of pyridine rings is 1. The van der Waals surface area contributed by atoms with Gasteiger partial charge in [0.05, 0.1) is 12.1 Å². The molecule has 1 aromatic heterocycles. The summed E-state index contributed by atoms with van der Waals surface area (Å²) in [5.41, 5.74) is 3.03. The molecular formula is C33H37F6N3O6. The van der Waals surface area contributed by atoms with E-state index in [2.05, 4.69) is 48.0 Å². The standard InChI is InChI=1S/C29H35N3O2.2C2HF3O2/c1-22(2)20-34-27-10-6-4-8-24(27)19-31-16-13-29(21-31)14-17-32(18-15-29)28(33)26-12-11-23-7-3-5-9-25(23)30-26;2*3-2(4,5)1(6)7/h3-12,22H,13-21H2,1-2H3;2*(H,6,7). The summed E-state index contributed by atoms with van der Waals surface area (Å²) in [5.74, 6) is -3.92. The van der Waals surface area contributed by atoms with E-state index < -0.39 is 24.3 Å². The molecule has 15 heteroatoms. The predicted octanol–water partition coefficient (Wildman–Crippen LogP) is 6.66. The number of carboxylic acid groups (broad SMARTS) is 2. The quantitative estimate of drug-likeness (QED) is 0.277. The average Bonchev–Trinajstić information content (AvgIpc) is 3.41. The van der Waals surface area contributed by atoms with Gasteiger partial charge in [0.25, 0.3) is 5.91 Å². The van der Waals surface area contributed by atoms with Crippen LogP contribution in [0.2, 0.25) is 0 Å². The molecule has 2 N–H and O–H groups in total. The van der Waals surface area contributed by atoms with Gasteiger partial charge in [-0.2, -0.15) is 26.3 Å². The number of carbonyl (C=O) groups excluding carboxylic acids is 1. The summed E-state index contributed by atoms with van der Waals surface area (Å²) in [7, 11) is 0. The third-order valence-electron chi connectivity index (χ3n) is 7.87. The fourth-order valence-corrected chi connectivity index (χ4v) is 5.37. The highest BCUT2D eigenvalue weighted by atomic mass is 19.4. The van der Waals surface area contributed by atoms with Crippen molar-refractivity contribution >= 4 is 28.7 Å². The number of carbonyl (C=O) groups is 3. The SMILES string of the molecule is CC(C)COc1ccccc1CN1CCC2(CCN(C(=O)c3ccc4ccccc4n3)CC2)C1.O=C(O)C(F)(F)F.O=C(O)C(F)(F)F. The lowest BCUT2D eigenvalue weighted by Crippen LogP contribution is -2.44. The van der Waals surface area contributed by atoms with E-state index in [1.807, 2.05) is 41.3 Å². The molecule has 3 aromatic rings. The van der Waals surface area contributed by atoms with Gasteiger partial charge >= 0.3 is 24.3 Å². The van der Waals surface area contributed by atoms with Crippen LogP contribution in [0.25, 0.3) is 10.9 Å². The van der Waals surface area contributed by atoms with Crippen LogP contribution in [-0.4, -0.2) is 88.0 Å². The molecule has 0 bridgehead atoms. The first-order chi connectivity index (χ1) is 22.4. The Hall–Kier alpha value is -4.40. The van der Waals surface area contributed by atoms with E-state index in [1.165, 1.54) is 12.0 Å². The lowest BCUT2D eigenvalue weighted by molar-refractivity contribution is -0.193. The molecule has 0 aliphatic carbocycles. The summed E-state index contributed by atoms with van der Waals surface area (Å²) < 4.78 is 69.6. The van der Waals surface area contributed by atoms with Crippen LogP contribution in [0.15, 0.2) is 60.7 Å². The number of benzene rings is 2. The van der Waals surface area contributed by atoms with Crippen molar-refractivity contribution in [1.29, 1.82) is 0 Å². The molecule has 5 rings (SSSR count). The number of aliphatic carboxylic acids is 2. The van der Waals surface area contributed by atoms with E-state index in [1.54, 1.807) is 0 Å². The number of likely N-dealkylation sites (tertiary alicyclic amines) is 2. The Kier molecular flexibility index (Phi) is 12.8. The zero-order chi connectivity index (χ0) is 35.7. The second kappa shape index (κ2) is 16.1. The van der Waals surface area contributed by atoms with Crippen LogP contribution in [0.5, 0.6) is 5.75 Å². The van der Waals surface area contributed by atoms with Crippen LogP contribution in [0.4, 0.5) is 26.3 Å². The minimum atomic E-state index is -5.08. The molecular weight excluding hydrogens is 648 g/mol. The van der Waals surface area contributed by atoms with E-state index in [9.17, 15) is 31.1 Å². The van der Waals surface area contributed by atoms with Crippen molar-refractivity contribution in [3.05, 3.63) is 71.9 Å². The van der Waals surface area contributed by atoms with E-state index >= 15 is 0 Å². The monoisotopic (exact) mass is 685 g/mol. The number of amides is 1. The van der Waals surface area contributed by atoms with Crippen molar-refractivity contribution in [2.75, 3.05) is 32.8 Å². The Bertz CT molecular complexity index is 1530. The number of aromatic nitrogens is 1. The second-order valence-corrected chi connectivity index (χ2v) is 12.1. The van der Waals surface area contributed by atoms with Gasteiger partial charge in [-0.3, -0.25) is 9.69 Å². The fourth-order valence-electron chi connectivity index (χ4n) is 5.37. The minimum Gasteiger partial charge on any atom is -0.493 e. The number of piperidine rings is 1. The number of hydrogen-bond acceptors (Lipinski definition) is 6. The maximum absolute atomic E-state index is 13.1. The Balaban J connectivity index is 0.000000376. The molecule has 1 amide bonds. The number of ether oxygens (including phenoxy) is 1. The maximum atomic E-state index is 13.1. The highest BCUT2D eigenvalue weighted by molar-refractivity contribution is 5.95. The van der Waals surface area contributed by atoms with E-state index in [0.29, 0.717) is 17.0 Å². The van der Waals surface area contributed by atoms with E-state index in [0.717, 1.165) is 68.8 Å². The van der Waals surface area contributed by atoms with Crippen molar-refractivity contribution in [1.82, 2.24) is 14.8 Å². The Morgan fingerprint density at radius 1 is 0.833 bits per heavy atom. The van der Waals surface area contributed by atoms with Crippen molar-refractivity contribution in [3.63, 3.8) is 0 Å². The number of hydrogen-bond donors (Lipinski definition) is 2. The number of alkyl halides is 6. The second-order valence-electron chi connectivity index (χ2n) is 12.1. The molecule has 0 atom stereocenters. The average molecular weight is 686 g/mol. The molecule has 262 valence electrons. The molecule has 2 aliphatic rings. The van der Waals surface area contributed by atoms with Crippen LogP contribution in [0.3, 0.4) is 0 Å². The van der Waals surface area contributed by atoms with Gasteiger partial charge in [-0.1, -0.05) is 56.3 Å². The highest BCUT2D eigenvalue weighted by Crippen LogP contribution is 2.41. The Morgan fingerprint density at radius 2 is 1.38 bits per heavy atom. The largest absolute Gasteiger partial charge is 0.493 e. The summed E-state index contributed by atoms with van der Waals surface area (Å²) in [6.45, 7) is 9.88. The minimum absolute atomic E-state index is 0.0617. The zero-order valence-electron chi connectivity index (χ0n) is 26.4. The molecule has 0 saturated carbocycles. The zero-order valence-corrected chi connectivity index (χ0v) is 26.4. The normalized spacial score (nSPS) is 16.1. The lowest BCUT2D eigenvalue weighted by atomic mass is 9.77. The van der Waals surface area contributed by atoms with Crippen LogP contribution < -0.4 is 4.74 Å². The van der Waals surface area contributed by atoms with Crippen molar-refractivity contribution in [3.8, 4) is 5.75 Å². The molecule has 9 nitrogen and oxygen atoms in total. The fraction of sp³-hybridized carbons (Fsp3) is 0.455. The first-order valence-electron chi connectivity index (χ1n) is 15.1. The topological polar surface area (TPSA) is 120 Å². The smallest absolute Gasteiger partial charge is 0.490 e. The van der Waals surface area contributed by atoms with Gasteiger partial charge in [0.1, 0.15) is 11.4 Å². The molecule has 1 spiro atoms. The third-order valence-corrected chi connectivity index (χ3v) is 7.87. The van der Waals surface area contributed by atoms with Gasteiger partial charge in [-0.25, -0.2) is 14.6 Å². The third kappa shape index (κ3) is 11.1. The Labute approximate surface area is 273 Å². The van der Waals surface area contributed by atoms with Gasteiger partial charge in [-0.05, 0) is 55.3 Å². The number of carboxylic acids is 2. The van der Waals surface area contributed by atoms with Gasteiger partial charge in [-0.15, -0.1) is 0 Å². The van der Waals surface area contributed by atoms with Crippen molar-refractivity contribution in [2.45, 2.75) is 52.0 Å². The first-order valence-corrected chi connectivity index (χ1v) is 15.1. The van der Waals surface area contributed by atoms with Crippen molar-refractivity contribution in [2.24, 2.45) is 11.3 Å². The Morgan fingerprint density at radius 3 is 1.96 bits per heavy atom. The molecule has 48 heavy (non-hydrogen) atoms. The van der Waals surface area contributed by atoms with Gasteiger partial charge in [0.15, 0.2) is 0 Å². The lowest BCUT2D eigenvalue weighted by Gasteiger charge is -2.39. The molecule has 0 radical (unpaired) electrons. The van der Waals surface area contributed by atoms with Crippen LogP contribution in [0, 0.1) is 11.3 Å².